The predicted molar refractivity (Wildman–Crippen MR) is 85.2 cm³/mol. The molecule has 1 aliphatic heterocycles. The molecule has 2 aromatic rings. The zero-order valence-corrected chi connectivity index (χ0v) is 13.0. The minimum absolute atomic E-state index is 0.562. The van der Waals surface area contributed by atoms with E-state index in [0.717, 1.165) is 29.1 Å². The number of hydrogen-bond donors (Lipinski definition) is 0. The molecule has 0 amide bonds. The summed E-state index contributed by atoms with van der Waals surface area (Å²) in [6, 6.07) is 11.2. The second-order valence-corrected chi connectivity index (χ2v) is 6.15. The van der Waals surface area contributed by atoms with E-state index < -0.39 is 0 Å². The monoisotopic (exact) mass is 318 g/mol. The van der Waals surface area contributed by atoms with Crippen LogP contribution in [-0.2, 0) is 0 Å². The van der Waals surface area contributed by atoms with E-state index >= 15 is 0 Å². The summed E-state index contributed by atoms with van der Waals surface area (Å²) in [5.41, 5.74) is 2.37. The van der Waals surface area contributed by atoms with Gasteiger partial charge < -0.3 is 4.90 Å². The van der Waals surface area contributed by atoms with Gasteiger partial charge in [-0.2, -0.15) is 0 Å². The number of aromatic nitrogens is 1. The van der Waals surface area contributed by atoms with Crippen molar-refractivity contribution in [2.75, 3.05) is 16.8 Å². The lowest BCUT2D eigenvalue weighted by molar-refractivity contribution is 0.553. The SMILES string of the molecule is Cc1cc2ccccc2nc1N1CCC(C)C1CBr. The maximum absolute atomic E-state index is 4.89. The van der Waals surface area contributed by atoms with Gasteiger partial charge in [0.25, 0.3) is 0 Å². The van der Waals surface area contributed by atoms with Crippen molar-refractivity contribution in [1.29, 1.82) is 0 Å². The molecule has 1 aliphatic rings. The van der Waals surface area contributed by atoms with Crippen LogP contribution >= 0.6 is 15.9 Å². The fraction of sp³-hybridized carbons (Fsp3) is 0.438. The predicted octanol–water partition coefficient (Wildman–Crippen LogP) is 4.15. The number of para-hydroxylation sites is 1. The van der Waals surface area contributed by atoms with E-state index in [2.05, 4.69) is 65.0 Å². The molecular formula is C16H19BrN2. The minimum atomic E-state index is 0.562. The highest BCUT2D eigenvalue weighted by Gasteiger charge is 2.31. The Bertz CT molecular complexity index is 596. The number of benzene rings is 1. The van der Waals surface area contributed by atoms with Crippen molar-refractivity contribution in [3.8, 4) is 0 Å². The molecule has 2 heterocycles. The van der Waals surface area contributed by atoms with Crippen LogP contribution < -0.4 is 4.90 Å². The molecular weight excluding hydrogens is 300 g/mol. The molecule has 3 heteroatoms. The maximum Gasteiger partial charge on any atom is 0.132 e. The van der Waals surface area contributed by atoms with Crippen molar-refractivity contribution >= 4 is 32.7 Å². The van der Waals surface area contributed by atoms with Gasteiger partial charge in [0.15, 0.2) is 0 Å². The summed E-state index contributed by atoms with van der Waals surface area (Å²) in [6.45, 7) is 5.62. The van der Waals surface area contributed by atoms with Crippen molar-refractivity contribution in [1.82, 2.24) is 4.98 Å². The number of anilines is 1. The molecule has 2 unspecified atom stereocenters. The Labute approximate surface area is 123 Å². The van der Waals surface area contributed by atoms with Crippen LogP contribution in [-0.4, -0.2) is 22.9 Å². The van der Waals surface area contributed by atoms with E-state index in [9.17, 15) is 0 Å². The van der Waals surface area contributed by atoms with Crippen molar-refractivity contribution in [3.63, 3.8) is 0 Å². The molecule has 1 fully saturated rings. The van der Waals surface area contributed by atoms with Crippen molar-refractivity contribution in [2.24, 2.45) is 5.92 Å². The third-order valence-electron chi connectivity index (χ3n) is 4.20. The average Bonchev–Trinajstić information content (AvgIpc) is 2.78. The fourth-order valence-corrected chi connectivity index (χ4v) is 4.00. The zero-order valence-electron chi connectivity index (χ0n) is 11.4. The zero-order chi connectivity index (χ0) is 13.4. The summed E-state index contributed by atoms with van der Waals surface area (Å²) in [6.07, 6.45) is 1.25. The minimum Gasteiger partial charge on any atom is -0.352 e. The highest BCUT2D eigenvalue weighted by molar-refractivity contribution is 9.09. The quantitative estimate of drug-likeness (QED) is 0.773. The normalized spacial score (nSPS) is 23.2. The number of fused-ring (bicyclic) bond motifs is 1. The molecule has 0 bridgehead atoms. The lowest BCUT2D eigenvalue weighted by atomic mass is 10.0. The molecule has 0 aliphatic carbocycles. The molecule has 3 rings (SSSR count). The Morgan fingerprint density at radius 3 is 2.95 bits per heavy atom. The number of pyridine rings is 1. The lowest BCUT2D eigenvalue weighted by Crippen LogP contribution is -2.34. The van der Waals surface area contributed by atoms with Crippen molar-refractivity contribution < 1.29 is 0 Å². The third kappa shape index (κ3) is 2.25. The molecule has 0 spiro atoms. The van der Waals surface area contributed by atoms with Gasteiger partial charge in [0.1, 0.15) is 5.82 Å². The van der Waals surface area contributed by atoms with Crippen LogP contribution in [0, 0.1) is 12.8 Å². The Balaban J connectivity index is 2.07. The topological polar surface area (TPSA) is 16.1 Å². The van der Waals surface area contributed by atoms with Crippen LogP contribution in [0.25, 0.3) is 10.9 Å². The van der Waals surface area contributed by atoms with Crippen LogP contribution in [0.5, 0.6) is 0 Å². The van der Waals surface area contributed by atoms with Crippen LogP contribution in [0.15, 0.2) is 30.3 Å². The van der Waals surface area contributed by atoms with Gasteiger partial charge in [0.2, 0.25) is 0 Å². The first kappa shape index (κ1) is 12.9. The van der Waals surface area contributed by atoms with Crippen molar-refractivity contribution in [3.05, 3.63) is 35.9 Å². The number of halogens is 1. The van der Waals surface area contributed by atoms with E-state index in [4.69, 9.17) is 4.98 Å². The van der Waals surface area contributed by atoms with E-state index in [0.29, 0.717) is 6.04 Å². The highest BCUT2D eigenvalue weighted by atomic mass is 79.9. The maximum atomic E-state index is 4.89. The van der Waals surface area contributed by atoms with Crippen LogP contribution in [0.2, 0.25) is 0 Å². The Morgan fingerprint density at radius 1 is 1.37 bits per heavy atom. The van der Waals surface area contributed by atoms with E-state index in [1.54, 1.807) is 0 Å². The molecule has 2 nitrogen and oxygen atoms in total. The Morgan fingerprint density at radius 2 is 2.16 bits per heavy atom. The van der Waals surface area contributed by atoms with Crippen LogP contribution in [0.4, 0.5) is 5.82 Å². The Hall–Kier alpha value is -1.09. The number of alkyl halides is 1. The number of nitrogens with zero attached hydrogens (tertiary/aromatic N) is 2. The lowest BCUT2D eigenvalue weighted by Gasteiger charge is -2.28. The smallest absolute Gasteiger partial charge is 0.132 e. The van der Waals surface area contributed by atoms with Crippen molar-refractivity contribution in [2.45, 2.75) is 26.3 Å². The van der Waals surface area contributed by atoms with E-state index in [1.807, 2.05) is 0 Å². The summed E-state index contributed by atoms with van der Waals surface area (Å²) in [5.74, 6) is 1.89. The summed E-state index contributed by atoms with van der Waals surface area (Å²) in [4.78, 5) is 7.37. The third-order valence-corrected chi connectivity index (χ3v) is 4.86. The first-order valence-corrected chi connectivity index (χ1v) is 8.02. The summed E-state index contributed by atoms with van der Waals surface area (Å²) in [7, 11) is 0. The first-order valence-electron chi connectivity index (χ1n) is 6.89. The van der Waals surface area contributed by atoms with Crippen LogP contribution in [0.3, 0.4) is 0 Å². The first-order chi connectivity index (χ1) is 9.20. The fourth-order valence-electron chi connectivity index (χ4n) is 3.01. The van der Waals surface area contributed by atoms with Gasteiger partial charge in [0, 0.05) is 23.3 Å². The summed E-state index contributed by atoms with van der Waals surface area (Å²) in [5, 5.41) is 2.24. The largest absolute Gasteiger partial charge is 0.352 e. The van der Waals surface area contributed by atoms with Gasteiger partial charge in [-0.05, 0) is 37.0 Å². The Kier molecular flexibility index (Phi) is 3.48. The molecule has 100 valence electrons. The molecule has 1 aromatic heterocycles. The average molecular weight is 319 g/mol. The molecule has 2 atom stereocenters. The molecule has 0 radical (unpaired) electrons. The van der Waals surface area contributed by atoms with Gasteiger partial charge >= 0.3 is 0 Å². The number of rotatable bonds is 2. The molecule has 0 N–H and O–H groups in total. The van der Waals surface area contributed by atoms with Gasteiger partial charge in [-0.25, -0.2) is 4.98 Å². The van der Waals surface area contributed by atoms with Gasteiger partial charge in [-0.1, -0.05) is 41.1 Å². The van der Waals surface area contributed by atoms with E-state index in [-0.39, 0.29) is 0 Å². The molecule has 19 heavy (non-hydrogen) atoms. The highest BCUT2D eigenvalue weighted by Crippen LogP contribution is 2.32. The van der Waals surface area contributed by atoms with Gasteiger partial charge in [-0.15, -0.1) is 0 Å². The second kappa shape index (κ2) is 5.12. The summed E-state index contributed by atoms with van der Waals surface area (Å²) < 4.78 is 0. The summed E-state index contributed by atoms with van der Waals surface area (Å²) >= 11 is 3.66. The van der Waals surface area contributed by atoms with Gasteiger partial charge in [0.05, 0.1) is 5.52 Å². The number of aryl methyl sites for hydroxylation is 1. The molecule has 0 saturated carbocycles. The van der Waals surface area contributed by atoms with Crippen LogP contribution in [0.1, 0.15) is 18.9 Å². The van der Waals surface area contributed by atoms with E-state index in [1.165, 1.54) is 17.4 Å². The molecule has 1 aromatic carbocycles. The standard InChI is InChI=1S/C16H19BrN2/c1-11-7-8-19(15(11)10-17)16-12(2)9-13-5-3-4-6-14(13)18-16/h3-6,9,11,15H,7-8,10H2,1-2H3. The second-order valence-electron chi connectivity index (χ2n) is 5.50. The van der Waals surface area contributed by atoms with Gasteiger partial charge in [-0.3, -0.25) is 0 Å². The number of hydrogen-bond acceptors (Lipinski definition) is 2. The molecule has 1 saturated heterocycles.